The first-order chi connectivity index (χ1) is 10.2. The summed E-state index contributed by atoms with van der Waals surface area (Å²) in [6.45, 7) is 4.11. The molecule has 2 aliphatic carbocycles. The van der Waals surface area contributed by atoms with E-state index in [0.717, 1.165) is 24.8 Å². The van der Waals surface area contributed by atoms with Gasteiger partial charge in [0.25, 0.3) is 0 Å². The molecule has 4 atom stereocenters. The average Bonchev–Trinajstić information content (AvgIpc) is 2.46. The lowest BCUT2D eigenvalue weighted by Gasteiger charge is -2.42. The molecule has 0 amide bonds. The maximum atomic E-state index is 12.6. The normalized spacial score (nSPS) is 29.6. The highest BCUT2D eigenvalue weighted by Crippen LogP contribution is 2.48. The van der Waals surface area contributed by atoms with Crippen molar-refractivity contribution in [2.45, 2.75) is 31.7 Å². The van der Waals surface area contributed by atoms with Crippen LogP contribution in [-0.2, 0) is 4.79 Å². The number of hydrogen-bond donors (Lipinski definition) is 0. The molecule has 1 heterocycles. The Hall–Kier alpha value is -2.13. The summed E-state index contributed by atoms with van der Waals surface area (Å²) in [5.74, 6) is 0.664. The van der Waals surface area contributed by atoms with E-state index in [0.29, 0.717) is 12.3 Å². The van der Waals surface area contributed by atoms with Crippen molar-refractivity contribution in [3.05, 3.63) is 52.7 Å². The van der Waals surface area contributed by atoms with E-state index in [1.807, 2.05) is 12.1 Å². The first-order valence-corrected chi connectivity index (χ1v) is 7.32. The van der Waals surface area contributed by atoms with E-state index in [1.54, 1.807) is 12.4 Å². The third-order valence-corrected chi connectivity index (χ3v) is 4.68. The largest absolute Gasteiger partial charge is 0.299 e. The van der Waals surface area contributed by atoms with E-state index in [9.17, 15) is 4.79 Å². The zero-order valence-corrected chi connectivity index (χ0v) is 11.9. The van der Waals surface area contributed by atoms with Crippen molar-refractivity contribution >= 4 is 5.78 Å². The van der Waals surface area contributed by atoms with Crippen molar-refractivity contribution in [2.24, 2.45) is 22.9 Å². The third-order valence-electron chi connectivity index (χ3n) is 4.68. The fourth-order valence-corrected chi connectivity index (χ4v) is 3.96. The van der Waals surface area contributed by atoms with E-state index in [1.165, 1.54) is 5.57 Å². The fraction of sp³-hybridized carbons (Fsp3) is 0.500. The first-order valence-electron chi connectivity index (χ1n) is 7.32. The van der Waals surface area contributed by atoms with Gasteiger partial charge in [-0.15, -0.1) is 0 Å². The predicted molar refractivity (Wildman–Crippen MR) is 79.2 cm³/mol. The number of azide groups is 1. The van der Waals surface area contributed by atoms with Crippen LogP contribution in [0.25, 0.3) is 10.4 Å². The number of hydrogen-bond acceptors (Lipinski definition) is 3. The number of Topliss-reactive ketones (excluding diaryl/α,β-unsaturated/α-hetero) is 1. The van der Waals surface area contributed by atoms with Crippen LogP contribution in [0.1, 0.15) is 37.3 Å². The minimum Gasteiger partial charge on any atom is -0.299 e. The Morgan fingerprint density at radius 2 is 2.29 bits per heavy atom. The number of allylic oxidation sites excluding steroid dienone is 1. The van der Waals surface area contributed by atoms with E-state index in [-0.39, 0.29) is 17.6 Å². The lowest BCUT2D eigenvalue weighted by atomic mass is 9.62. The molecule has 0 radical (unpaired) electrons. The molecule has 108 valence electrons. The van der Waals surface area contributed by atoms with Crippen LogP contribution in [0.5, 0.6) is 0 Å². The zero-order chi connectivity index (χ0) is 14.8. The molecule has 1 aromatic heterocycles. The van der Waals surface area contributed by atoms with Gasteiger partial charge in [-0.2, -0.15) is 0 Å². The van der Waals surface area contributed by atoms with Gasteiger partial charge in [-0.25, -0.2) is 0 Å². The monoisotopic (exact) mass is 282 g/mol. The highest BCUT2D eigenvalue weighted by Gasteiger charge is 2.43. The lowest BCUT2D eigenvalue weighted by molar-refractivity contribution is -0.130. The Bertz CT molecular complexity index is 606. The number of rotatable bonds is 3. The highest BCUT2D eigenvalue weighted by atomic mass is 16.1. The number of ketones is 1. The molecule has 2 bridgehead atoms. The number of fused-ring (bicyclic) bond motifs is 2. The van der Waals surface area contributed by atoms with Crippen LogP contribution in [-0.4, -0.2) is 10.8 Å². The zero-order valence-electron chi connectivity index (χ0n) is 11.9. The fourth-order valence-electron chi connectivity index (χ4n) is 3.96. The van der Waals surface area contributed by atoms with Crippen molar-refractivity contribution in [1.82, 2.24) is 4.98 Å². The molecule has 5 heteroatoms. The number of aromatic nitrogens is 1. The van der Waals surface area contributed by atoms with E-state index < -0.39 is 6.04 Å². The third kappa shape index (κ3) is 2.69. The van der Waals surface area contributed by atoms with Gasteiger partial charge < -0.3 is 0 Å². The van der Waals surface area contributed by atoms with E-state index in [2.05, 4.69) is 21.6 Å². The lowest BCUT2D eigenvalue weighted by Crippen LogP contribution is -2.39. The molecule has 0 N–H and O–H groups in total. The molecule has 0 aromatic carbocycles. The molecule has 0 saturated heterocycles. The molecule has 1 aromatic rings. The minimum atomic E-state index is -0.451. The van der Waals surface area contributed by atoms with Crippen molar-refractivity contribution in [2.75, 3.05) is 0 Å². The molecule has 0 spiro atoms. The maximum absolute atomic E-state index is 12.6. The summed E-state index contributed by atoms with van der Waals surface area (Å²) < 4.78 is 0. The molecule has 2 saturated carbocycles. The summed E-state index contributed by atoms with van der Waals surface area (Å²) in [5, 5.41) is 3.93. The number of carbonyl (C=O) groups is 1. The van der Waals surface area contributed by atoms with Gasteiger partial charge in [0, 0.05) is 29.6 Å². The van der Waals surface area contributed by atoms with Gasteiger partial charge in [0.2, 0.25) is 0 Å². The molecular formula is C16H18N4O. The molecule has 21 heavy (non-hydrogen) atoms. The van der Waals surface area contributed by atoms with Gasteiger partial charge in [-0.1, -0.05) is 23.3 Å². The maximum Gasteiger partial charge on any atom is 0.137 e. The summed E-state index contributed by atoms with van der Waals surface area (Å²) in [5.41, 5.74) is 10.9. The average molecular weight is 282 g/mol. The van der Waals surface area contributed by atoms with Crippen molar-refractivity contribution in [3.63, 3.8) is 0 Å². The van der Waals surface area contributed by atoms with Gasteiger partial charge in [0.1, 0.15) is 5.78 Å². The first kappa shape index (κ1) is 13.8. The Labute approximate surface area is 123 Å². The van der Waals surface area contributed by atoms with Crippen LogP contribution in [0.4, 0.5) is 0 Å². The van der Waals surface area contributed by atoms with Gasteiger partial charge in [-0.05, 0) is 48.3 Å². The van der Waals surface area contributed by atoms with Crippen LogP contribution in [0, 0.1) is 17.8 Å². The summed E-state index contributed by atoms with van der Waals surface area (Å²) in [7, 11) is 0. The predicted octanol–water partition coefficient (Wildman–Crippen LogP) is 3.99. The molecule has 0 aliphatic heterocycles. The Morgan fingerprint density at radius 1 is 1.43 bits per heavy atom. The molecule has 3 rings (SSSR count). The van der Waals surface area contributed by atoms with Crippen molar-refractivity contribution in [1.29, 1.82) is 0 Å². The summed E-state index contributed by atoms with van der Waals surface area (Å²) in [6, 6.07) is 3.24. The van der Waals surface area contributed by atoms with Gasteiger partial charge in [-0.3, -0.25) is 9.78 Å². The summed E-state index contributed by atoms with van der Waals surface area (Å²) >= 11 is 0. The molecule has 2 aliphatic rings. The second kappa shape index (κ2) is 5.70. The van der Waals surface area contributed by atoms with Crippen LogP contribution in [0.15, 0.2) is 41.8 Å². The van der Waals surface area contributed by atoms with E-state index in [4.69, 9.17) is 5.53 Å². The second-order valence-electron chi connectivity index (χ2n) is 6.15. The Balaban J connectivity index is 1.96. The smallest absolute Gasteiger partial charge is 0.137 e. The number of carbonyl (C=O) groups excluding carboxylic acids is 1. The molecule has 2 fully saturated rings. The quantitative estimate of drug-likeness (QED) is 0.363. The standard InChI is InChI=1S/C16H18N4O/c1-10-5-11-7-13(6-10)15(14(21)8-11)16(19-20-17)12-3-2-4-18-9-12/h2-4,9,11,13,15-16H,1,5-8H2/t11-,13+,15-,16-/m0/s1. The van der Waals surface area contributed by atoms with Crippen LogP contribution >= 0.6 is 0 Å². The second-order valence-corrected chi connectivity index (χ2v) is 6.15. The van der Waals surface area contributed by atoms with Crippen LogP contribution < -0.4 is 0 Å². The summed E-state index contributed by atoms with van der Waals surface area (Å²) in [4.78, 5) is 19.6. The number of pyridine rings is 1. The van der Waals surface area contributed by atoms with Gasteiger partial charge in [0.05, 0.1) is 6.04 Å². The Morgan fingerprint density at radius 3 is 3.00 bits per heavy atom. The molecule has 0 unspecified atom stereocenters. The highest BCUT2D eigenvalue weighted by molar-refractivity contribution is 5.83. The SMILES string of the molecule is C=C1C[C@@H]2CC(=O)[C@@H]([C@@H](N=[N+]=[N-])c3cccnc3)[C@H](C1)C2. The molecule has 5 nitrogen and oxygen atoms in total. The number of nitrogens with zero attached hydrogens (tertiary/aromatic N) is 4. The minimum absolute atomic E-state index is 0.227. The van der Waals surface area contributed by atoms with Crippen molar-refractivity contribution in [3.8, 4) is 0 Å². The molecular weight excluding hydrogens is 264 g/mol. The topological polar surface area (TPSA) is 78.7 Å². The summed E-state index contributed by atoms with van der Waals surface area (Å²) in [6.07, 6.45) is 6.82. The van der Waals surface area contributed by atoms with Crippen molar-refractivity contribution < 1.29 is 4.79 Å². The van der Waals surface area contributed by atoms with E-state index >= 15 is 0 Å². The van der Waals surface area contributed by atoms with Gasteiger partial charge in [0.15, 0.2) is 0 Å². The van der Waals surface area contributed by atoms with Gasteiger partial charge >= 0.3 is 0 Å². The van der Waals surface area contributed by atoms with Crippen LogP contribution in [0.2, 0.25) is 0 Å². The Kier molecular flexibility index (Phi) is 3.76. The van der Waals surface area contributed by atoms with Crippen LogP contribution in [0.3, 0.4) is 0 Å².